The zero-order valence-corrected chi connectivity index (χ0v) is 16.5. The summed E-state index contributed by atoms with van der Waals surface area (Å²) >= 11 is 0. The Balaban J connectivity index is 1.36. The zero-order valence-electron chi connectivity index (χ0n) is 16.5. The summed E-state index contributed by atoms with van der Waals surface area (Å²) in [6.07, 6.45) is 5.45. The van der Waals surface area contributed by atoms with E-state index in [9.17, 15) is 13.6 Å². The number of hydrogen-bond acceptors (Lipinski definition) is 3. The quantitative estimate of drug-likeness (QED) is 0.794. The molecule has 2 bridgehead atoms. The second-order valence-corrected chi connectivity index (χ2v) is 8.97. The Morgan fingerprint density at radius 1 is 1.32 bits per heavy atom. The van der Waals surface area contributed by atoms with Gasteiger partial charge >= 0.3 is 0 Å². The van der Waals surface area contributed by atoms with Crippen LogP contribution in [0.15, 0.2) is 28.8 Å². The molecular formula is C22H26F2N2O2. The third-order valence-corrected chi connectivity index (χ3v) is 7.45. The van der Waals surface area contributed by atoms with Gasteiger partial charge in [-0.1, -0.05) is 20.8 Å². The Morgan fingerprint density at radius 3 is 2.75 bits per heavy atom. The van der Waals surface area contributed by atoms with E-state index in [1.165, 1.54) is 24.8 Å². The van der Waals surface area contributed by atoms with E-state index in [1.807, 2.05) is 0 Å². The van der Waals surface area contributed by atoms with Crippen molar-refractivity contribution in [1.29, 1.82) is 0 Å². The molecule has 1 aromatic heterocycles. The van der Waals surface area contributed by atoms with Crippen LogP contribution in [0, 0.1) is 28.4 Å². The van der Waals surface area contributed by atoms with E-state index in [0.717, 1.165) is 18.9 Å². The molecule has 3 atom stereocenters. The lowest BCUT2D eigenvalue weighted by atomic mass is 9.69. The minimum absolute atomic E-state index is 0.0118. The van der Waals surface area contributed by atoms with Crippen molar-refractivity contribution in [2.75, 3.05) is 0 Å². The lowest BCUT2D eigenvalue weighted by Crippen LogP contribution is -2.46. The maximum absolute atomic E-state index is 13.9. The fraction of sp³-hybridized carbons (Fsp3) is 0.545. The number of rotatable bonds is 5. The first-order valence-electron chi connectivity index (χ1n) is 9.90. The molecule has 2 aliphatic rings. The van der Waals surface area contributed by atoms with Gasteiger partial charge in [0.2, 0.25) is 5.91 Å². The Bertz CT molecular complexity index is 908. The van der Waals surface area contributed by atoms with E-state index in [-0.39, 0.29) is 40.5 Å². The van der Waals surface area contributed by atoms with Crippen molar-refractivity contribution in [3.8, 4) is 11.3 Å². The van der Waals surface area contributed by atoms with E-state index in [2.05, 4.69) is 31.1 Å². The van der Waals surface area contributed by atoms with Crippen molar-refractivity contribution in [2.24, 2.45) is 16.7 Å². The van der Waals surface area contributed by atoms with Crippen LogP contribution in [-0.2, 0) is 11.2 Å². The largest absolute Gasteiger partial charge is 0.441 e. The van der Waals surface area contributed by atoms with Crippen molar-refractivity contribution < 1.29 is 18.0 Å². The number of halogens is 2. The lowest BCUT2D eigenvalue weighted by molar-refractivity contribution is -0.122. The fourth-order valence-corrected chi connectivity index (χ4v) is 5.15. The molecule has 2 saturated carbocycles. The number of aryl methyl sites for hydroxylation is 1. The highest BCUT2D eigenvalue weighted by Gasteiger charge is 2.61. The number of carbonyl (C=O) groups is 1. The van der Waals surface area contributed by atoms with Gasteiger partial charge in [0.1, 0.15) is 11.6 Å². The molecule has 1 amide bonds. The van der Waals surface area contributed by atoms with Crippen LogP contribution in [0.1, 0.15) is 52.3 Å². The molecule has 2 aromatic rings. The number of nitrogens with zero attached hydrogens (tertiary/aromatic N) is 1. The number of carbonyl (C=O) groups excluding carboxylic acids is 1. The third kappa shape index (κ3) is 3.03. The first-order valence-corrected chi connectivity index (χ1v) is 9.90. The average Bonchev–Trinajstić information content (AvgIpc) is 3.23. The number of nitrogens with one attached hydrogen (secondary N) is 1. The predicted octanol–water partition coefficient (Wildman–Crippen LogP) is 4.88. The van der Waals surface area contributed by atoms with Gasteiger partial charge in [-0.25, -0.2) is 13.8 Å². The van der Waals surface area contributed by atoms with E-state index in [1.54, 1.807) is 0 Å². The molecule has 1 N–H and O–H groups in total. The van der Waals surface area contributed by atoms with Gasteiger partial charge in [-0.2, -0.15) is 0 Å². The highest BCUT2D eigenvalue weighted by molar-refractivity contribution is 5.76. The first-order chi connectivity index (χ1) is 13.2. The number of aromatic nitrogens is 1. The van der Waals surface area contributed by atoms with E-state index >= 15 is 0 Å². The van der Waals surface area contributed by atoms with E-state index < -0.39 is 11.6 Å². The van der Waals surface area contributed by atoms with Crippen LogP contribution in [-0.4, -0.2) is 16.9 Å². The minimum Gasteiger partial charge on any atom is -0.441 e. The monoisotopic (exact) mass is 388 g/mol. The van der Waals surface area contributed by atoms with Crippen LogP contribution < -0.4 is 5.32 Å². The zero-order chi connectivity index (χ0) is 20.1. The Hall–Kier alpha value is -2.24. The average molecular weight is 388 g/mol. The maximum atomic E-state index is 13.9. The number of fused-ring (bicyclic) bond motifs is 2. The summed E-state index contributed by atoms with van der Waals surface area (Å²) in [6.45, 7) is 6.93. The molecule has 4 nitrogen and oxygen atoms in total. The van der Waals surface area contributed by atoms with Gasteiger partial charge < -0.3 is 9.73 Å². The van der Waals surface area contributed by atoms with Gasteiger partial charge in [0.25, 0.3) is 0 Å². The normalized spacial score (nSPS) is 27.9. The molecule has 0 saturated heterocycles. The molecule has 2 aliphatic carbocycles. The van der Waals surface area contributed by atoms with Crippen LogP contribution in [0.5, 0.6) is 0 Å². The molecule has 0 aliphatic heterocycles. The SMILES string of the molecule is CC1(C)C2CCC1(C)C(NC(=O)CCc1ncc(-c3ccc(F)cc3F)o1)C2. The molecule has 0 spiro atoms. The van der Waals surface area contributed by atoms with Crippen LogP contribution in [0.4, 0.5) is 8.78 Å². The summed E-state index contributed by atoms with van der Waals surface area (Å²) in [5.41, 5.74) is 0.548. The van der Waals surface area contributed by atoms with Crippen molar-refractivity contribution in [1.82, 2.24) is 10.3 Å². The summed E-state index contributed by atoms with van der Waals surface area (Å²) in [5.74, 6) is -0.0867. The van der Waals surface area contributed by atoms with Gasteiger partial charge in [0.05, 0.1) is 11.8 Å². The number of amides is 1. The molecule has 3 unspecified atom stereocenters. The maximum Gasteiger partial charge on any atom is 0.220 e. The summed E-state index contributed by atoms with van der Waals surface area (Å²) in [7, 11) is 0. The second kappa shape index (κ2) is 6.68. The predicted molar refractivity (Wildman–Crippen MR) is 101 cm³/mol. The van der Waals surface area contributed by atoms with Gasteiger partial charge in [0, 0.05) is 24.9 Å². The van der Waals surface area contributed by atoms with Gasteiger partial charge in [-0.05, 0) is 48.1 Å². The highest BCUT2D eigenvalue weighted by atomic mass is 19.1. The van der Waals surface area contributed by atoms with Crippen LogP contribution in [0.3, 0.4) is 0 Å². The molecular weight excluding hydrogens is 362 g/mol. The number of benzene rings is 1. The highest BCUT2D eigenvalue weighted by Crippen LogP contribution is 2.65. The van der Waals surface area contributed by atoms with Crippen LogP contribution in [0.25, 0.3) is 11.3 Å². The molecule has 2 fully saturated rings. The first kappa shape index (κ1) is 19.1. The Morgan fingerprint density at radius 2 is 2.11 bits per heavy atom. The van der Waals surface area contributed by atoms with Crippen molar-refractivity contribution in [3.05, 3.63) is 41.9 Å². The third-order valence-electron chi connectivity index (χ3n) is 7.45. The van der Waals surface area contributed by atoms with Crippen LogP contribution >= 0.6 is 0 Å². The number of hydrogen-bond donors (Lipinski definition) is 1. The smallest absolute Gasteiger partial charge is 0.220 e. The second-order valence-electron chi connectivity index (χ2n) is 8.97. The minimum atomic E-state index is -0.701. The topological polar surface area (TPSA) is 55.1 Å². The summed E-state index contributed by atoms with van der Waals surface area (Å²) in [4.78, 5) is 16.6. The summed E-state index contributed by atoms with van der Waals surface area (Å²) in [5, 5.41) is 3.22. The Labute approximate surface area is 163 Å². The molecule has 0 radical (unpaired) electrons. The van der Waals surface area contributed by atoms with E-state index in [4.69, 9.17) is 4.42 Å². The van der Waals surface area contributed by atoms with Crippen LogP contribution in [0.2, 0.25) is 0 Å². The summed E-state index contributed by atoms with van der Waals surface area (Å²) in [6, 6.07) is 3.51. The van der Waals surface area contributed by atoms with Crippen molar-refractivity contribution in [3.63, 3.8) is 0 Å². The molecule has 1 heterocycles. The molecule has 28 heavy (non-hydrogen) atoms. The van der Waals surface area contributed by atoms with Gasteiger partial charge in [-0.15, -0.1) is 0 Å². The summed E-state index contributed by atoms with van der Waals surface area (Å²) < 4.78 is 32.5. The van der Waals surface area contributed by atoms with Gasteiger partial charge in [0.15, 0.2) is 11.7 Å². The Kier molecular flexibility index (Phi) is 4.55. The van der Waals surface area contributed by atoms with Gasteiger partial charge in [-0.3, -0.25) is 4.79 Å². The molecule has 4 rings (SSSR count). The van der Waals surface area contributed by atoms with Crippen molar-refractivity contribution >= 4 is 5.91 Å². The molecule has 1 aromatic carbocycles. The standard InChI is InChI=1S/C22H26F2N2O2/c1-21(2)13-8-9-22(21,3)18(10-13)26-19(27)6-7-20-25-12-17(28-20)15-5-4-14(23)11-16(15)24/h4-5,11-13,18H,6-10H2,1-3H3,(H,26,27). The molecule has 150 valence electrons. The fourth-order valence-electron chi connectivity index (χ4n) is 5.15. The molecule has 6 heteroatoms. The lowest BCUT2D eigenvalue weighted by Gasteiger charge is -2.39. The van der Waals surface area contributed by atoms with Crippen molar-refractivity contribution in [2.45, 2.75) is 58.9 Å². The number of oxazole rings is 1. The van der Waals surface area contributed by atoms with E-state index in [0.29, 0.717) is 18.2 Å².